The first-order valence-corrected chi connectivity index (χ1v) is 8.20. The van der Waals surface area contributed by atoms with E-state index in [1.54, 1.807) is 0 Å². The van der Waals surface area contributed by atoms with Crippen molar-refractivity contribution in [3.8, 4) is 11.5 Å². The fourth-order valence-electron chi connectivity index (χ4n) is 3.49. The number of fused-ring (bicyclic) bond motifs is 1. The number of hydrogen-bond acceptors (Lipinski definition) is 4. The van der Waals surface area contributed by atoms with Gasteiger partial charge in [0.1, 0.15) is 0 Å². The summed E-state index contributed by atoms with van der Waals surface area (Å²) < 4.78 is 12.0. The monoisotopic (exact) mass is 304 g/mol. The number of aryl methyl sites for hydroxylation is 1. The Morgan fingerprint density at radius 3 is 2.45 bits per heavy atom. The maximum atomic E-state index is 6.04. The van der Waals surface area contributed by atoms with Gasteiger partial charge in [-0.2, -0.15) is 0 Å². The molecule has 0 amide bonds. The molecule has 0 aliphatic carbocycles. The van der Waals surface area contributed by atoms with Crippen LogP contribution < -0.4 is 15.2 Å². The van der Waals surface area contributed by atoms with Crippen LogP contribution in [0.1, 0.15) is 37.4 Å². The molecule has 0 aromatic heterocycles. The van der Waals surface area contributed by atoms with Crippen LogP contribution >= 0.6 is 0 Å². The van der Waals surface area contributed by atoms with Crippen molar-refractivity contribution >= 4 is 0 Å². The van der Waals surface area contributed by atoms with Crippen molar-refractivity contribution in [2.24, 2.45) is 17.1 Å². The van der Waals surface area contributed by atoms with Gasteiger partial charge in [0, 0.05) is 18.0 Å². The van der Waals surface area contributed by atoms with E-state index in [2.05, 4.69) is 44.9 Å². The van der Waals surface area contributed by atoms with E-state index in [1.807, 2.05) is 0 Å². The zero-order valence-corrected chi connectivity index (χ0v) is 14.2. The van der Waals surface area contributed by atoms with E-state index >= 15 is 0 Å². The van der Waals surface area contributed by atoms with Gasteiger partial charge in [0.05, 0.1) is 13.2 Å². The summed E-state index contributed by atoms with van der Waals surface area (Å²) in [6, 6.07) is 4.75. The minimum absolute atomic E-state index is 0.0435. The predicted octanol–water partition coefficient (Wildman–Crippen LogP) is 2.74. The van der Waals surface area contributed by atoms with Gasteiger partial charge in [0.2, 0.25) is 0 Å². The Bertz CT molecular complexity index is 556. The lowest BCUT2D eigenvalue weighted by atomic mass is 9.96. The molecule has 2 N–H and O–H groups in total. The van der Waals surface area contributed by atoms with Crippen LogP contribution in [0.25, 0.3) is 0 Å². The van der Waals surface area contributed by atoms with Gasteiger partial charge in [-0.05, 0) is 56.1 Å². The summed E-state index contributed by atoms with van der Waals surface area (Å²) in [4.78, 5) is 2.41. The zero-order valence-electron chi connectivity index (χ0n) is 14.2. The van der Waals surface area contributed by atoms with E-state index in [-0.39, 0.29) is 5.41 Å². The molecule has 3 rings (SSSR count). The Morgan fingerprint density at radius 2 is 1.86 bits per heavy atom. The average Bonchev–Trinajstić information content (AvgIpc) is 2.77. The normalized spacial score (nSPS) is 27.7. The van der Waals surface area contributed by atoms with Gasteiger partial charge in [0.15, 0.2) is 11.5 Å². The Hall–Kier alpha value is -1.26. The lowest BCUT2D eigenvalue weighted by Crippen LogP contribution is -2.26. The predicted molar refractivity (Wildman–Crippen MR) is 88.5 cm³/mol. The second-order valence-electron chi connectivity index (χ2n) is 7.69. The second kappa shape index (κ2) is 5.74. The molecular formula is C18H28N2O2. The third-order valence-corrected chi connectivity index (χ3v) is 4.90. The van der Waals surface area contributed by atoms with Crippen LogP contribution in [0, 0.1) is 18.3 Å². The molecule has 2 unspecified atom stereocenters. The number of nitrogens with two attached hydrogens (primary N) is 1. The third-order valence-electron chi connectivity index (χ3n) is 4.90. The van der Waals surface area contributed by atoms with E-state index in [1.165, 1.54) is 11.1 Å². The zero-order chi connectivity index (χ0) is 15.9. The van der Waals surface area contributed by atoms with Crippen molar-refractivity contribution in [2.45, 2.75) is 33.2 Å². The van der Waals surface area contributed by atoms with Crippen molar-refractivity contribution in [1.29, 1.82) is 0 Å². The molecule has 4 nitrogen and oxygen atoms in total. The minimum Gasteiger partial charge on any atom is -0.489 e. The van der Waals surface area contributed by atoms with Gasteiger partial charge < -0.3 is 15.2 Å². The van der Waals surface area contributed by atoms with Gasteiger partial charge in [-0.3, -0.25) is 4.90 Å². The highest BCUT2D eigenvalue weighted by molar-refractivity contribution is 5.48. The molecule has 2 aliphatic rings. The highest BCUT2D eigenvalue weighted by Crippen LogP contribution is 2.41. The molecule has 2 atom stereocenters. The molecule has 4 heteroatoms. The van der Waals surface area contributed by atoms with Crippen molar-refractivity contribution in [3.05, 3.63) is 23.3 Å². The molecule has 22 heavy (non-hydrogen) atoms. The third kappa shape index (κ3) is 2.95. The lowest BCUT2D eigenvalue weighted by Gasteiger charge is -2.23. The van der Waals surface area contributed by atoms with E-state index < -0.39 is 0 Å². The molecule has 1 saturated heterocycles. The smallest absolute Gasteiger partial charge is 0.161 e. The highest BCUT2D eigenvalue weighted by Gasteiger charge is 2.32. The van der Waals surface area contributed by atoms with Gasteiger partial charge >= 0.3 is 0 Å². The van der Waals surface area contributed by atoms with Crippen LogP contribution in [0.4, 0.5) is 0 Å². The van der Waals surface area contributed by atoms with Crippen molar-refractivity contribution in [2.75, 3.05) is 33.4 Å². The molecular weight excluding hydrogens is 276 g/mol. The van der Waals surface area contributed by atoms with Gasteiger partial charge in [-0.1, -0.05) is 13.8 Å². The number of rotatable bonds is 2. The summed E-state index contributed by atoms with van der Waals surface area (Å²) in [6.45, 7) is 9.72. The van der Waals surface area contributed by atoms with E-state index in [0.717, 1.165) is 31.0 Å². The lowest BCUT2D eigenvalue weighted by molar-refractivity contribution is 0.140. The minimum atomic E-state index is 0.0435. The van der Waals surface area contributed by atoms with Crippen LogP contribution in [-0.4, -0.2) is 38.3 Å². The topological polar surface area (TPSA) is 47.7 Å². The first-order valence-electron chi connectivity index (χ1n) is 8.20. The van der Waals surface area contributed by atoms with Gasteiger partial charge in [-0.15, -0.1) is 0 Å². The maximum absolute atomic E-state index is 6.04. The number of hydrogen-bond donors (Lipinski definition) is 1. The van der Waals surface area contributed by atoms with E-state index in [0.29, 0.717) is 25.2 Å². The fourth-order valence-corrected chi connectivity index (χ4v) is 3.49. The Labute approximate surface area is 133 Å². The molecule has 2 aliphatic heterocycles. The highest BCUT2D eigenvalue weighted by atomic mass is 16.5. The quantitative estimate of drug-likeness (QED) is 0.912. The summed E-state index contributed by atoms with van der Waals surface area (Å²) in [6.07, 6.45) is 1.12. The largest absolute Gasteiger partial charge is 0.489 e. The molecule has 1 fully saturated rings. The maximum Gasteiger partial charge on any atom is 0.161 e. The number of likely N-dealkylation sites (tertiary alicyclic amines) is 1. The molecule has 0 saturated carbocycles. The van der Waals surface area contributed by atoms with E-state index in [9.17, 15) is 0 Å². The molecule has 1 aromatic carbocycles. The molecule has 122 valence electrons. The molecule has 0 bridgehead atoms. The van der Waals surface area contributed by atoms with Crippen molar-refractivity contribution in [1.82, 2.24) is 4.90 Å². The van der Waals surface area contributed by atoms with Crippen molar-refractivity contribution < 1.29 is 9.47 Å². The standard InChI is InChI=1S/C18H28N2O2/c1-12-5-16-17(22-11-18(2,3)10-21-16)7-14(12)15-6-13(8-19)9-20(15)4/h5,7,13,15H,6,8-11,19H2,1-4H3. The Balaban J connectivity index is 1.90. The Kier molecular flexibility index (Phi) is 4.08. The van der Waals surface area contributed by atoms with Gasteiger partial charge in [-0.25, -0.2) is 0 Å². The van der Waals surface area contributed by atoms with Crippen LogP contribution in [0.5, 0.6) is 11.5 Å². The SMILES string of the molecule is Cc1cc2c(cc1C1CC(CN)CN1C)OCC(C)(C)CO2. The molecule has 2 heterocycles. The molecule has 0 radical (unpaired) electrons. The summed E-state index contributed by atoms with van der Waals surface area (Å²) >= 11 is 0. The van der Waals surface area contributed by atoms with Crippen LogP contribution in [-0.2, 0) is 0 Å². The summed E-state index contributed by atoms with van der Waals surface area (Å²) in [7, 11) is 2.19. The van der Waals surface area contributed by atoms with Crippen molar-refractivity contribution in [3.63, 3.8) is 0 Å². The summed E-state index contributed by atoms with van der Waals surface area (Å²) in [5.41, 5.74) is 8.53. The number of ether oxygens (including phenoxy) is 2. The average molecular weight is 304 g/mol. The van der Waals surface area contributed by atoms with Crippen LogP contribution in [0.3, 0.4) is 0 Å². The first kappa shape index (κ1) is 15.6. The summed E-state index contributed by atoms with van der Waals surface area (Å²) in [5.74, 6) is 2.35. The number of nitrogens with zero attached hydrogens (tertiary/aromatic N) is 1. The second-order valence-corrected chi connectivity index (χ2v) is 7.69. The fraction of sp³-hybridized carbons (Fsp3) is 0.667. The van der Waals surface area contributed by atoms with Gasteiger partial charge in [0.25, 0.3) is 0 Å². The van der Waals surface area contributed by atoms with Crippen LogP contribution in [0.2, 0.25) is 0 Å². The number of benzene rings is 1. The summed E-state index contributed by atoms with van der Waals surface area (Å²) in [5, 5.41) is 0. The van der Waals surface area contributed by atoms with E-state index in [4.69, 9.17) is 15.2 Å². The Morgan fingerprint density at radius 1 is 1.23 bits per heavy atom. The van der Waals surface area contributed by atoms with Crippen LogP contribution in [0.15, 0.2) is 12.1 Å². The molecule has 0 spiro atoms. The molecule has 1 aromatic rings. The first-order chi connectivity index (χ1) is 10.4.